The van der Waals surface area contributed by atoms with E-state index in [9.17, 15) is 19.8 Å². The molecule has 0 aromatic carbocycles. The van der Waals surface area contributed by atoms with Gasteiger partial charge in [-0.3, -0.25) is 9.59 Å². The van der Waals surface area contributed by atoms with Gasteiger partial charge in [0.05, 0.1) is 32.0 Å². The molecular formula is C29H38O9. The van der Waals surface area contributed by atoms with Crippen molar-refractivity contribution >= 4 is 11.9 Å². The fraction of sp³-hybridized carbons (Fsp3) is 0.724. The topological polar surface area (TPSA) is 125 Å². The minimum atomic E-state index is -1.79. The average molecular weight is 531 g/mol. The predicted octanol–water partition coefficient (Wildman–Crippen LogP) is 4.00. The highest BCUT2D eigenvalue weighted by Crippen LogP contribution is 2.75. The van der Waals surface area contributed by atoms with Crippen molar-refractivity contribution in [1.29, 1.82) is 0 Å². The van der Waals surface area contributed by atoms with Gasteiger partial charge in [-0.1, -0.05) is 33.3 Å². The first kappa shape index (κ1) is 26.0. The van der Waals surface area contributed by atoms with Crippen LogP contribution in [-0.2, 0) is 28.5 Å². The van der Waals surface area contributed by atoms with Crippen LogP contribution in [0.15, 0.2) is 34.2 Å². The van der Waals surface area contributed by atoms with E-state index in [1.54, 1.807) is 19.5 Å². The SMILES string of the molecule is COC(=O)C[C@H]1C(C)(C)C2(O)OC(C)OC3(O)[C@@H]2CC2=C4CC(=O)O[C@@H](c5ccoc5)[C@]4(C)CCC2[C@@]13C. The molecule has 0 spiro atoms. The summed E-state index contributed by atoms with van der Waals surface area (Å²) >= 11 is 0. The first-order chi connectivity index (χ1) is 17.7. The molecule has 4 bridgehead atoms. The smallest absolute Gasteiger partial charge is 0.310 e. The zero-order valence-corrected chi connectivity index (χ0v) is 22.9. The number of ether oxygens (including phenoxy) is 4. The van der Waals surface area contributed by atoms with E-state index >= 15 is 0 Å². The highest BCUT2D eigenvalue weighted by molar-refractivity contribution is 5.76. The molecule has 6 rings (SSSR count). The maximum absolute atomic E-state index is 13.0. The average Bonchev–Trinajstić information content (AvgIpc) is 3.37. The Balaban J connectivity index is 1.58. The molecule has 9 nitrogen and oxygen atoms in total. The minimum absolute atomic E-state index is 0.0193. The Kier molecular flexibility index (Phi) is 5.44. The Hall–Kier alpha value is -2.20. The van der Waals surface area contributed by atoms with Gasteiger partial charge in [0, 0.05) is 28.2 Å². The zero-order chi connectivity index (χ0) is 27.5. The molecule has 9 atom stereocenters. The van der Waals surface area contributed by atoms with Gasteiger partial charge < -0.3 is 33.6 Å². The van der Waals surface area contributed by atoms with Crippen molar-refractivity contribution in [3.63, 3.8) is 0 Å². The van der Waals surface area contributed by atoms with Gasteiger partial charge in [-0.05, 0) is 49.7 Å². The summed E-state index contributed by atoms with van der Waals surface area (Å²) < 4.78 is 28.7. The number of aliphatic hydroxyl groups is 2. The quantitative estimate of drug-likeness (QED) is 0.441. The third-order valence-corrected chi connectivity index (χ3v) is 11.1. The van der Waals surface area contributed by atoms with Gasteiger partial charge in [0.1, 0.15) is 6.10 Å². The second-order valence-electron chi connectivity index (χ2n) is 12.9. The van der Waals surface area contributed by atoms with E-state index < -0.39 is 58.0 Å². The van der Waals surface area contributed by atoms with Gasteiger partial charge >= 0.3 is 11.9 Å². The predicted molar refractivity (Wildman–Crippen MR) is 132 cm³/mol. The molecule has 208 valence electrons. The van der Waals surface area contributed by atoms with Crippen molar-refractivity contribution in [1.82, 2.24) is 0 Å². The van der Waals surface area contributed by atoms with Gasteiger partial charge in [-0.2, -0.15) is 0 Å². The minimum Gasteiger partial charge on any atom is -0.472 e. The molecule has 5 aliphatic rings. The number of carbonyl (C=O) groups is 2. The first-order valence-electron chi connectivity index (χ1n) is 13.5. The van der Waals surface area contributed by atoms with Crippen molar-refractivity contribution < 1.29 is 43.2 Å². The van der Waals surface area contributed by atoms with Gasteiger partial charge in [-0.15, -0.1) is 0 Å². The summed E-state index contributed by atoms with van der Waals surface area (Å²) in [5.74, 6) is -5.85. The van der Waals surface area contributed by atoms with Crippen LogP contribution in [0.4, 0.5) is 0 Å². The first-order valence-corrected chi connectivity index (χ1v) is 13.5. The molecule has 3 aliphatic carbocycles. The second-order valence-corrected chi connectivity index (χ2v) is 12.9. The molecule has 2 saturated heterocycles. The molecule has 4 fully saturated rings. The van der Waals surface area contributed by atoms with Crippen LogP contribution in [0.3, 0.4) is 0 Å². The lowest BCUT2D eigenvalue weighted by atomic mass is 9.37. The van der Waals surface area contributed by atoms with E-state index in [1.165, 1.54) is 7.11 Å². The summed E-state index contributed by atoms with van der Waals surface area (Å²) in [6.45, 7) is 9.59. The summed E-state index contributed by atoms with van der Waals surface area (Å²) in [7, 11) is 1.34. The van der Waals surface area contributed by atoms with Crippen LogP contribution in [0.2, 0.25) is 0 Å². The maximum Gasteiger partial charge on any atom is 0.310 e. The van der Waals surface area contributed by atoms with Crippen LogP contribution in [-0.4, -0.2) is 47.1 Å². The molecule has 2 N–H and O–H groups in total. The van der Waals surface area contributed by atoms with Crippen LogP contribution in [0.25, 0.3) is 0 Å². The summed E-state index contributed by atoms with van der Waals surface area (Å²) in [5, 5.41) is 24.8. The number of cyclic esters (lactones) is 1. The van der Waals surface area contributed by atoms with Gasteiger partial charge in [-0.25, -0.2) is 0 Å². The molecule has 1 aromatic rings. The van der Waals surface area contributed by atoms with Crippen LogP contribution in [0.1, 0.15) is 78.4 Å². The summed E-state index contributed by atoms with van der Waals surface area (Å²) in [6.07, 6.45) is 3.67. The third-order valence-electron chi connectivity index (χ3n) is 11.1. The molecule has 1 aromatic heterocycles. The van der Waals surface area contributed by atoms with Gasteiger partial charge in [0.25, 0.3) is 0 Å². The number of rotatable bonds is 3. The van der Waals surface area contributed by atoms with E-state index in [2.05, 4.69) is 6.92 Å². The Morgan fingerprint density at radius 2 is 1.87 bits per heavy atom. The second kappa shape index (κ2) is 7.93. The summed E-state index contributed by atoms with van der Waals surface area (Å²) in [5.41, 5.74) is 0.446. The van der Waals surface area contributed by atoms with Crippen molar-refractivity contribution in [2.75, 3.05) is 7.11 Å². The molecule has 2 aliphatic heterocycles. The highest BCUT2D eigenvalue weighted by Gasteiger charge is 2.81. The molecule has 2 saturated carbocycles. The number of fused-ring (bicyclic) bond motifs is 3. The van der Waals surface area contributed by atoms with Crippen LogP contribution < -0.4 is 0 Å². The lowest BCUT2D eigenvalue weighted by molar-refractivity contribution is -0.532. The lowest BCUT2D eigenvalue weighted by Crippen LogP contribution is -2.82. The number of carbonyl (C=O) groups excluding carboxylic acids is 2. The van der Waals surface area contributed by atoms with E-state index in [1.807, 2.05) is 26.8 Å². The largest absolute Gasteiger partial charge is 0.472 e. The van der Waals surface area contributed by atoms with E-state index in [0.717, 1.165) is 16.7 Å². The maximum atomic E-state index is 13.0. The number of methoxy groups -OCH3 is 1. The van der Waals surface area contributed by atoms with E-state index in [-0.39, 0.29) is 24.7 Å². The standard InChI is InChI=1S/C29H38O9/c1-15-37-28(32)21-11-17-18(27(5,29(21,33)38-15)20(25(28,2)3)13-22(30)34-6)7-9-26(4)19(17)12-23(31)36-24(26)16-8-10-35-14-16/h8,10,14-15,18,20-21,24,32-33H,7,9,11-13H2,1-6H3/t15?,18?,20-,21+,24-,26+,27-,28?,29?/m0/s1. The summed E-state index contributed by atoms with van der Waals surface area (Å²) in [4.78, 5) is 25.8. The summed E-state index contributed by atoms with van der Waals surface area (Å²) in [6, 6.07) is 1.83. The van der Waals surface area contributed by atoms with Crippen LogP contribution in [0.5, 0.6) is 0 Å². The number of esters is 2. The number of furan rings is 1. The lowest BCUT2D eigenvalue weighted by Gasteiger charge is -2.74. The molecule has 3 heterocycles. The Labute approximate surface area is 222 Å². The number of allylic oxidation sites excluding steroid dienone is 1. The Morgan fingerprint density at radius 1 is 1.16 bits per heavy atom. The van der Waals surface area contributed by atoms with E-state index in [4.69, 9.17) is 23.4 Å². The Morgan fingerprint density at radius 3 is 2.53 bits per heavy atom. The Bertz CT molecular complexity index is 1200. The molecule has 9 heteroatoms. The third kappa shape index (κ3) is 2.96. The highest BCUT2D eigenvalue weighted by atomic mass is 16.8. The molecule has 0 radical (unpaired) electrons. The fourth-order valence-corrected chi connectivity index (χ4v) is 9.20. The van der Waals surface area contributed by atoms with Crippen molar-refractivity contribution in [3.05, 3.63) is 35.3 Å². The fourth-order valence-electron chi connectivity index (χ4n) is 9.20. The zero-order valence-electron chi connectivity index (χ0n) is 22.9. The van der Waals surface area contributed by atoms with Crippen molar-refractivity contribution in [3.8, 4) is 0 Å². The van der Waals surface area contributed by atoms with Crippen LogP contribution in [0, 0.1) is 34.0 Å². The normalized spacial score (nSPS) is 47.1. The molecule has 38 heavy (non-hydrogen) atoms. The van der Waals surface area contributed by atoms with Gasteiger partial charge in [0.2, 0.25) is 0 Å². The molecule has 4 unspecified atom stereocenters. The van der Waals surface area contributed by atoms with Crippen LogP contribution >= 0.6 is 0 Å². The number of hydrogen-bond acceptors (Lipinski definition) is 9. The van der Waals surface area contributed by atoms with Crippen molar-refractivity contribution in [2.45, 2.75) is 90.7 Å². The van der Waals surface area contributed by atoms with Gasteiger partial charge in [0.15, 0.2) is 17.9 Å². The van der Waals surface area contributed by atoms with E-state index in [0.29, 0.717) is 19.3 Å². The molecule has 0 amide bonds. The molecular weight excluding hydrogens is 492 g/mol. The number of hydrogen-bond donors (Lipinski definition) is 2. The monoisotopic (exact) mass is 530 g/mol. The van der Waals surface area contributed by atoms with Crippen molar-refractivity contribution in [2.24, 2.45) is 34.0 Å².